The van der Waals surface area contributed by atoms with Gasteiger partial charge in [-0.25, -0.2) is 4.98 Å². The number of nitrogens with zero attached hydrogens (tertiary/aromatic N) is 5. The molecule has 0 saturated carbocycles. The van der Waals surface area contributed by atoms with E-state index in [1.807, 2.05) is 48.1 Å². The quantitative estimate of drug-likeness (QED) is 0.247. The molecule has 5 aromatic rings. The van der Waals surface area contributed by atoms with E-state index in [-0.39, 0.29) is 5.91 Å². The number of hydrogen-bond donors (Lipinski definition) is 1. The van der Waals surface area contributed by atoms with Crippen molar-refractivity contribution in [3.8, 4) is 11.3 Å². The number of anilines is 1. The third-order valence-electron chi connectivity index (χ3n) is 5.51. The molecule has 0 spiro atoms. The van der Waals surface area contributed by atoms with Crippen LogP contribution in [0.5, 0.6) is 0 Å². The van der Waals surface area contributed by atoms with E-state index in [9.17, 15) is 4.79 Å². The highest BCUT2D eigenvalue weighted by Crippen LogP contribution is 2.28. The number of rotatable bonds is 6. The molecule has 35 heavy (non-hydrogen) atoms. The third-order valence-corrected chi connectivity index (χ3v) is 6.68. The van der Waals surface area contributed by atoms with Crippen LogP contribution in [0.15, 0.2) is 71.6 Å². The second-order valence-corrected chi connectivity index (χ2v) is 9.57. The molecule has 0 saturated heterocycles. The zero-order valence-electron chi connectivity index (χ0n) is 18.5. The summed E-state index contributed by atoms with van der Waals surface area (Å²) in [5.74, 6) is 0.115. The lowest BCUT2D eigenvalue weighted by atomic mass is 10.0. The number of carbonyl (C=O) groups excluding carboxylic acids is 1. The molecule has 0 aliphatic carbocycles. The lowest BCUT2D eigenvalue weighted by molar-refractivity contribution is 0.102. The maximum Gasteiger partial charge on any atom is 0.257 e. The lowest BCUT2D eigenvalue weighted by Crippen LogP contribution is -2.14. The first kappa shape index (κ1) is 23.5. The van der Waals surface area contributed by atoms with E-state index >= 15 is 0 Å². The predicted octanol–water partition coefficient (Wildman–Crippen LogP) is 6.68. The Bertz CT molecular complexity index is 1560. The van der Waals surface area contributed by atoms with Crippen LogP contribution in [0.3, 0.4) is 0 Å². The second-order valence-electron chi connectivity index (χ2n) is 7.87. The summed E-state index contributed by atoms with van der Waals surface area (Å²) < 4.78 is 4.17. The second kappa shape index (κ2) is 9.81. The molecule has 0 bridgehead atoms. The molecule has 1 amide bonds. The van der Waals surface area contributed by atoms with Crippen molar-refractivity contribution in [2.24, 2.45) is 0 Å². The molecular weight excluding hydrogens is 551 g/mol. The number of halogens is 3. The Balaban J connectivity index is 1.46. The monoisotopic (exact) mass is 568 g/mol. The van der Waals surface area contributed by atoms with Crippen molar-refractivity contribution >= 4 is 61.8 Å². The minimum absolute atomic E-state index is 0.289. The highest BCUT2D eigenvalue weighted by atomic mass is 79.9. The summed E-state index contributed by atoms with van der Waals surface area (Å²) >= 11 is 15.8. The van der Waals surface area contributed by atoms with Crippen molar-refractivity contribution in [3.63, 3.8) is 0 Å². The molecule has 0 atom stereocenters. The summed E-state index contributed by atoms with van der Waals surface area (Å²) in [6.07, 6.45) is 5.46. The molecule has 176 valence electrons. The van der Waals surface area contributed by atoms with Crippen molar-refractivity contribution in [2.45, 2.75) is 20.0 Å². The molecule has 0 radical (unpaired) electrons. The largest absolute Gasteiger partial charge is 0.304 e. The number of carbonyl (C=O) groups is 1. The fourth-order valence-corrected chi connectivity index (χ4v) is 4.63. The van der Waals surface area contributed by atoms with Gasteiger partial charge in [0.15, 0.2) is 5.82 Å². The van der Waals surface area contributed by atoms with Crippen LogP contribution in [0, 0.1) is 0 Å². The van der Waals surface area contributed by atoms with Gasteiger partial charge in [0.05, 0.1) is 34.0 Å². The zero-order chi connectivity index (χ0) is 24.5. The summed E-state index contributed by atoms with van der Waals surface area (Å²) in [7, 11) is 0. The first-order chi connectivity index (χ1) is 16.9. The van der Waals surface area contributed by atoms with Gasteiger partial charge in [0.1, 0.15) is 0 Å². The van der Waals surface area contributed by atoms with Crippen LogP contribution in [0.2, 0.25) is 10.0 Å². The van der Waals surface area contributed by atoms with E-state index in [0.717, 1.165) is 28.6 Å². The standard InChI is InChI=1S/C25H19BrCl2N6O/c1-2-33-13-16(11-29-33)23-10-19(18-5-3-4-6-22(18)30-23)25(35)31-24-20(26)14-34(32-24)12-15-7-8-17(27)9-21(15)28/h3-11,13-14H,2,12H2,1H3,(H,31,32,35). The van der Waals surface area contributed by atoms with E-state index in [1.165, 1.54) is 0 Å². The Morgan fingerprint density at radius 2 is 1.91 bits per heavy atom. The first-order valence-electron chi connectivity index (χ1n) is 10.8. The minimum Gasteiger partial charge on any atom is -0.304 e. The van der Waals surface area contributed by atoms with Crippen LogP contribution in [-0.4, -0.2) is 30.5 Å². The van der Waals surface area contributed by atoms with Crippen LogP contribution in [0.25, 0.3) is 22.2 Å². The van der Waals surface area contributed by atoms with Gasteiger partial charge in [-0.15, -0.1) is 0 Å². The Kier molecular flexibility index (Phi) is 6.60. The van der Waals surface area contributed by atoms with Gasteiger partial charge in [-0.3, -0.25) is 14.2 Å². The van der Waals surface area contributed by atoms with Gasteiger partial charge in [-0.1, -0.05) is 47.5 Å². The molecule has 0 aliphatic rings. The number of benzene rings is 2. The molecule has 0 aliphatic heterocycles. The van der Waals surface area contributed by atoms with Gasteiger partial charge in [0, 0.05) is 39.9 Å². The summed E-state index contributed by atoms with van der Waals surface area (Å²) in [5, 5.41) is 13.7. The maximum atomic E-state index is 13.4. The molecule has 3 aromatic heterocycles. The number of para-hydroxylation sites is 1. The van der Waals surface area contributed by atoms with Crippen molar-refractivity contribution in [2.75, 3.05) is 5.32 Å². The summed E-state index contributed by atoms with van der Waals surface area (Å²) in [6.45, 7) is 3.19. The summed E-state index contributed by atoms with van der Waals surface area (Å²) in [6, 6.07) is 14.7. The molecule has 5 rings (SSSR count). The van der Waals surface area contributed by atoms with Gasteiger partial charge in [-0.2, -0.15) is 10.2 Å². The number of nitrogens with one attached hydrogen (secondary N) is 1. The van der Waals surface area contributed by atoms with Gasteiger partial charge < -0.3 is 5.32 Å². The number of pyridine rings is 1. The zero-order valence-corrected chi connectivity index (χ0v) is 21.6. The van der Waals surface area contributed by atoms with Crippen molar-refractivity contribution in [3.05, 3.63) is 92.8 Å². The Morgan fingerprint density at radius 3 is 2.69 bits per heavy atom. The molecule has 7 nitrogen and oxygen atoms in total. The first-order valence-corrected chi connectivity index (χ1v) is 12.4. The molecule has 2 aromatic carbocycles. The van der Waals surface area contributed by atoms with Crippen LogP contribution in [0.4, 0.5) is 5.82 Å². The molecule has 3 heterocycles. The van der Waals surface area contributed by atoms with Crippen LogP contribution >= 0.6 is 39.1 Å². The average molecular weight is 570 g/mol. The summed E-state index contributed by atoms with van der Waals surface area (Å²) in [5.41, 5.74) is 3.60. The Labute approximate surface area is 219 Å². The molecule has 0 fully saturated rings. The van der Waals surface area contributed by atoms with E-state index in [4.69, 9.17) is 28.2 Å². The summed E-state index contributed by atoms with van der Waals surface area (Å²) in [4.78, 5) is 18.2. The fourth-order valence-electron chi connectivity index (χ4n) is 3.74. The number of aromatic nitrogens is 5. The Morgan fingerprint density at radius 1 is 1.09 bits per heavy atom. The number of amides is 1. The number of fused-ring (bicyclic) bond motifs is 1. The average Bonchev–Trinajstić information content (AvgIpc) is 3.46. The molecular formula is C25H19BrCl2N6O. The minimum atomic E-state index is -0.289. The van der Waals surface area contributed by atoms with Crippen LogP contribution < -0.4 is 5.32 Å². The third kappa shape index (κ3) is 4.96. The van der Waals surface area contributed by atoms with Crippen LogP contribution in [0.1, 0.15) is 22.8 Å². The van der Waals surface area contributed by atoms with Crippen molar-refractivity contribution in [1.29, 1.82) is 0 Å². The topological polar surface area (TPSA) is 77.6 Å². The number of aryl methyl sites for hydroxylation is 1. The van der Waals surface area contributed by atoms with Crippen molar-refractivity contribution in [1.82, 2.24) is 24.5 Å². The molecule has 1 N–H and O–H groups in total. The van der Waals surface area contributed by atoms with Gasteiger partial charge >= 0.3 is 0 Å². The highest BCUT2D eigenvalue weighted by molar-refractivity contribution is 9.10. The van der Waals surface area contributed by atoms with Gasteiger partial charge in [-0.05, 0) is 52.7 Å². The number of hydrogen-bond acceptors (Lipinski definition) is 4. The SMILES string of the molecule is CCn1cc(-c2cc(C(=O)Nc3nn(Cc4ccc(Cl)cc4Cl)cc3Br)c3ccccc3n2)cn1. The molecule has 10 heteroatoms. The smallest absolute Gasteiger partial charge is 0.257 e. The van der Waals surface area contributed by atoms with Gasteiger partial charge in [0.25, 0.3) is 5.91 Å². The molecule has 0 unspecified atom stereocenters. The van der Waals surface area contributed by atoms with Gasteiger partial charge in [0.2, 0.25) is 0 Å². The van der Waals surface area contributed by atoms with E-state index < -0.39 is 0 Å². The van der Waals surface area contributed by atoms with Crippen LogP contribution in [-0.2, 0) is 13.1 Å². The predicted molar refractivity (Wildman–Crippen MR) is 142 cm³/mol. The normalized spacial score (nSPS) is 11.2. The lowest BCUT2D eigenvalue weighted by Gasteiger charge is -2.09. The van der Waals surface area contributed by atoms with E-state index in [2.05, 4.69) is 31.4 Å². The van der Waals surface area contributed by atoms with E-state index in [0.29, 0.717) is 38.1 Å². The maximum absolute atomic E-state index is 13.4. The highest BCUT2D eigenvalue weighted by Gasteiger charge is 2.18. The van der Waals surface area contributed by atoms with E-state index in [1.54, 1.807) is 35.3 Å². The fraction of sp³-hybridized carbons (Fsp3) is 0.120. The Hall–Kier alpha value is -3.20. The van der Waals surface area contributed by atoms with Crippen molar-refractivity contribution < 1.29 is 4.79 Å².